The van der Waals surface area contributed by atoms with Gasteiger partial charge in [0, 0.05) is 19.3 Å². The van der Waals surface area contributed by atoms with Gasteiger partial charge in [0.15, 0.2) is 0 Å². The second-order valence-corrected chi connectivity index (χ2v) is 9.06. The maximum absolute atomic E-state index is 8.95. The summed E-state index contributed by atoms with van der Waals surface area (Å²) >= 11 is 0. The fraction of sp³-hybridized carbons (Fsp3) is 0.242. The zero-order chi connectivity index (χ0) is 26.5. The molecular formula is C33H37NO3. The number of hydrogen-bond acceptors (Lipinski definition) is 4. The van der Waals surface area contributed by atoms with Crippen LogP contribution in [0.5, 0.6) is 5.75 Å². The maximum atomic E-state index is 8.95. The summed E-state index contributed by atoms with van der Waals surface area (Å²) in [7, 11) is 3.47. The monoisotopic (exact) mass is 495 g/mol. The lowest BCUT2D eigenvalue weighted by atomic mass is 10.00. The van der Waals surface area contributed by atoms with E-state index in [0.717, 1.165) is 25.1 Å². The van der Waals surface area contributed by atoms with E-state index >= 15 is 0 Å². The molecular weight excluding hydrogens is 458 g/mol. The second kappa shape index (κ2) is 14.5. The molecule has 4 heteroatoms. The van der Waals surface area contributed by atoms with Crippen LogP contribution in [-0.2, 0) is 29.1 Å². The van der Waals surface area contributed by atoms with Crippen molar-refractivity contribution in [2.24, 2.45) is 0 Å². The van der Waals surface area contributed by atoms with E-state index in [2.05, 4.69) is 128 Å². The van der Waals surface area contributed by atoms with Crippen LogP contribution in [0.3, 0.4) is 0 Å². The van der Waals surface area contributed by atoms with Crippen molar-refractivity contribution in [1.82, 2.24) is 0 Å². The molecule has 0 heterocycles. The lowest BCUT2D eigenvalue weighted by molar-refractivity contribution is -0.126. The number of benzene rings is 4. The van der Waals surface area contributed by atoms with Gasteiger partial charge in [0.2, 0.25) is 0 Å². The molecule has 0 aromatic heterocycles. The summed E-state index contributed by atoms with van der Waals surface area (Å²) < 4.78 is 9.90. The number of carbonyl (C=O) groups is 1. The van der Waals surface area contributed by atoms with Crippen LogP contribution in [0.4, 0.5) is 5.69 Å². The van der Waals surface area contributed by atoms with Crippen molar-refractivity contribution < 1.29 is 14.3 Å². The van der Waals surface area contributed by atoms with Crippen LogP contribution in [0, 0.1) is 6.92 Å². The van der Waals surface area contributed by atoms with Crippen molar-refractivity contribution >= 4 is 12.2 Å². The molecule has 0 unspecified atom stereocenters. The molecule has 0 N–H and O–H groups in total. The molecule has 0 radical (unpaired) electrons. The normalized spacial score (nSPS) is 10.2. The van der Waals surface area contributed by atoms with Gasteiger partial charge in [0.25, 0.3) is 6.47 Å². The van der Waals surface area contributed by atoms with E-state index in [1.807, 2.05) is 0 Å². The summed E-state index contributed by atoms with van der Waals surface area (Å²) in [5, 5.41) is 0. The van der Waals surface area contributed by atoms with Gasteiger partial charge < -0.3 is 14.4 Å². The first-order valence-electron chi connectivity index (χ1n) is 12.7. The number of ether oxygens (including phenoxy) is 2. The van der Waals surface area contributed by atoms with Crippen molar-refractivity contribution in [2.45, 2.75) is 39.8 Å². The van der Waals surface area contributed by atoms with E-state index in [1.165, 1.54) is 46.2 Å². The van der Waals surface area contributed by atoms with Crippen molar-refractivity contribution in [3.05, 3.63) is 119 Å². The Balaban J connectivity index is 0.000000886. The summed E-state index contributed by atoms with van der Waals surface area (Å²) in [6, 6.07) is 34.4. The predicted molar refractivity (Wildman–Crippen MR) is 153 cm³/mol. The Morgan fingerprint density at radius 1 is 0.784 bits per heavy atom. The SMILES string of the molecule is CCCc1ccc(OCc2cccc(-c3ccc(N(C)Cc4ccccc4)c(C)c3)c2)cc1.COC=O. The Kier molecular flexibility index (Phi) is 10.8. The first-order valence-corrected chi connectivity index (χ1v) is 12.7. The second-order valence-electron chi connectivity index (χ2n) is 9.06. The summed E-state index contributed by atoms with van der Waals surface area (Å²) in [6.45, 7) is 6.23. The zero-order valence-corrected chi connectivity index (χ0v) is 22.3. The maximum Gasteiger partial charge on any atom is 0.292 e. The van der Waals surface area contributed by atoms with Gasteiger partial charge in [-0.15, -0.1) is 0 Å². The van der Waals surface area contributed by atoms with Crippen LogP contribution in [0.2, 0.25) is 0 Å². The van der Waals surface area contributed by atoms with Gasteiger partial charge >= 0.3 is 0 Å². The highest BCUT2D eigenvalue weighted by molar-refractivity contribution is 5.69. The van der Waals surface area contributed by atoms with Crippen molar-refractivity contribution in [3.63, 3.8) is 0 Å². The molecule has 0 amide bonds. The molecule has 0 aliphatic carbocycles. The number of methoxy groups -OCH3 is 1. The van der Waals surface area contributed by atoms with Gasteiger partial charge in [0.05, 0.1) is 7.11 Å². The molecule has 37 heavy (non-hydrogen) atoms. The van der Waals surface area contributed by atoms with Gasteiger partial charge in [-0.05, 0) is 77.1 Å². The quantitative estimate of drug-likeness (QED) is 0.212. The third-order valence-corrected chi connectivity index (χ3v) is 6.09. The largest absolute Gasteiger partial charge is 0.489 e. The smallest absolute Gasteiger partial charge is 0.292 e. The standard InChI is InChI=1S/C31H33NO.C2H4O2/c1-4-9-25-14-17-30(18-15-25)33-23-27-12-8-13-28(21-27)29-16-19-31(24(2)20-29)32(3)22-26-10-6-5-7-11-26;1-4-2-3/h5-8,10-21H,4,9,22-23H2,1-3H3;2H,1H3. The topological polar surface area (TPSA) is 38.8 Å². The summed E-state index contributed by atoms with van der Waals surface area (Å²) in [5.41, 5.74) is 8.84. The molecule has 4 nitrogen and oxygen atoms in total. The van der Waals surface area contributed by atoms with E-state index < -0.39 is 0 Å². The molecule has 0 atom stereocenters. The van der Waals surface area contributed by atoms with Gasteiger partial charge in [-0.25, -0.2) is 0 Å². The van der Waals surface area contributed by atoms with Gasteiger partial charge in [0.1, 0.15) is 12.4 Å². The predicted octanol–water partition coefficient (Wildman–Crippen LogP) is 7.62. The molecule has 4 aromatic carbocycles. The Morgan fingerprint density at radius 3 is 2.11 bits per heavy atom. The third-order valence-electron chi connectivity index (χ3n) is 6.09. The first kappa shape index (κ1) is 27.5. The van der Waals surface area contributed by atoms with Crippen molar-refractivity contribution in [2.75, 3.05) is 19.1 Å². The highest BCUT2D eigenvalue weighted by Crippen LogP contribution is 2.28. The van der Waals surface area contributed by atoms with Crippen LogP contribution in [0.1, 0.15) is 35.6 Å². The average molecular weight is 496 g/mol. The van der Waals surface area contributed by atoms with Crippen LogP contribution >= 0.6 is 0 Å². The first-order chi connectivity index (χ1) is 18.0. The number of anilines is 1. The number of aryl methyl sites for hydroxylation is 2. The van der Waals surface area contributed by atoms with Gasteiger partial charge in [-0.1, -0.05) is 80.1 Å². The fourth-order valence-corrected chi connectivity index (χ4v) is 4.25. The van der Waals surface area contributed by atoms with E-state index in [0.29, 0.717) is 13.1 Å². The van der Waals surface area contributed by atoms with Gasteiger partial charge in [-0.2, -0.15) is 0 Å². The Hall–Kier alpha value is -4.05. The lowest BCUT2D eigenvalue weighted by Gasteiger charge is -2.22. The molecule has 4 aromatic rings. The van der Waals surface area contributed by atoms with Crippen molar-refractivity contribution in [1.29, 1.82) is 0 Å². The van der Waals surface area contributed by atoms with Crippen LogP contribution in [-0.4, -0.2) is 20.6 Å². The minimum atomic E-state index is 0.375. The number of nitrogens with zero attached hydrogens (tertiary/aromatic N) is 1. The minimum Gasteiger partial charge on any atom is -0.489 e. The summed E-state index contributed by atoms with van der Waals surface area (Å²) in [5.74, 6) is 0.918. The van der Waals surface area contributed by atoms with Crippen molar-refractivity contribution in [3.8, 4) is 16.9 Å². The summed E-state index contributed by atoms with van der Waals surface area (Å²) in [4.78, 5) is 11.3. The van der Waals surface area contributed by atoms with Crippen LogP contribution in [0.15, 0.2) is 97.1 Å². The molecule has 0 aliphatic rings. The molecule has 192 valence electrons. The van der Waals surface area contributed by atoms with E-state index in [4.69, 9.17) is 9.53 Å². The molecule has 0 saturated carbocycles. The lowest BCUT2D eigenvalue weighted by Crippen LogP contribution is -2.17. The van der Waals surface area contributed by atoms with E-state index in [1.54, 1.807) is 0 Å². The fourth-order valence-electron chi connectivity index (χ4n) is 4.25. The Bertz CT molecular complexity index is 1240. The molecule has 0 aliphatic heterocycles. The molecule has 4 rings (SSSR count). The zero-order valence-electron chi connectivity index (χ0n) is 22.3. The number of hydrogen-bond donors (Lipinski definition) is 0. The Labute approximate surface area is 221 Å². The van der Waals surface area contributed by atoms with Gasteiger partial charge in [-0.3, -0.25) is 4.79 Å². The van der Waals surface area contributed by atoms with Crippen LogP contribution < -0.4 is 9.64 Å². The van der Waals surface area contributed by atoms with E-state index in [9.17, 15) is 0 Å². The third kappa shape index (κ3) is 8.53. The highest BCUT2D eigenvalue weighted by Gasteiger charge is 2.08. The molecule has 0 bridgehead atoms. The number of carbonyl (C=O) groups excluding carboxylic acids is 1. The van der Waals surface area contributed by atoms with Crippen LogP contribution in [0.25, 0.3) is 11.1 Å². The molecule has 0 spiro atoms. The molecule has 0 saturated heterocycles. The highest BCUT2D eigenvalue weighted by atomic mass is 16.5. The average Bonchev–Trinajstić information content (AvgIpc) is 2.93. The molecule has 0 fully saturated rings. The minimum absolute atomic E-state index is 0.375. The number of rotatable bonds is 10. The summed E-state index contributed by atoms with van der Waals surface area (Å²) in [6.07, 6.45) is 2.28. The van der Waals surface area contributed by atoms with E-state index in [-0.39, 0.29) is 0 Å². The Morgan fingerprint density at radius 2 is 1.46 bits per heavy atom.